The van der Waals surface area contributed by atoms with Crippen molar-refractivity contribution < 1.29 is 5.11 Å². The standard InChI is InChI=1S/C17H14N4O/c22-16-5-1-3-13-4-2-10-20(17(13)16)14-6-8-15(9-7-14)21-12-18-11-19-21/h1-9,11-12,22H,10H2. The Kier molecular flexibility index (Phi) is 2.89. The van der Waals surface area contributed by atoms with Crippen molar-refractivity contribution in [3.05, 3.63) is 66.8 Å². The van der Waals surface area contributed by atoms with Crippen molar-refractivity contribution in [2.24, 2.45) is 0 Å². The zero-order valence-electron chi connectivity index (χ0n) is 11.8. The molecule has 0 spiro atoms. The third kappa shape index (κ3) is 2.03. The van der Waals surface area contributed by atoms with Gasteiger partial charge in [-0.05, 0) is 30.3 Å². The van der Waals surface area contributed by atoms with Gasteiger partial charge in [-0.3, -0.25) is 0 Å². The highest BCUT2D eigenvalue weighted by Crippen LogP contribution is 2.39. The van der Waals surface area contributed by atoms with Crippen LogP contribution in [0.5, 0.6) is 5.75 Å². The number of phenols is 1. The minimum absolute atomic E-state index is 0.294. The van der Waals surface area contributed by atoms with E-state index in [0.29, 0.717) is 5.75 Å². The molecule has 1 N–H and O–H groups in total. The normalized spacial score (nSPS) is 13.2. The third-order valence-corrected chi connectivity index (χ3v) is 3.75. The molecular weight excluding hydrogens is 276 g/mol. The summed E-state index contributed by atoms with van der Waals surface area (Å²) >= 11 is 0. The van der Waals surface area contributed by atoms with Crippen molar-refractivity contribution in [3.63, 3.8) is 0 Å². The van der Waals surface area contributed by atoms with Crippen molar-refractivity contribution in [2.45, 2.75) is 0 Å². The van der Waals surface area contributed by atoms with E-state index in [-0.39, 0.29) is 0 Å². The zero-order valence-corrected chi connectivity index (χ0v) is 11.8. The molecule has 5 heteroatoms. The van der Waals surface area contributed by atoms with Crippen molar-refractivity contribution >= 4 is 17.5 Å². The Hall–Kier alpha value is -3.08. The molecule has 0 saturated heterocycles. The van der Waals surface area contributed by atoms with Crippen LogP contribution in [0.25, 0.3) is 11.8 Å². The molecule has 1 aromatic heterocycles. The molecule has 3 aromatic rings. The number of anilines is 2. The van der Waals surface area contributed by atoms with Crippen LogP contribution in [0.1, 0.15) is 5.56 Å². The molecule has 0 amide bonds. The Morgan fingerprint density at radius 1 is 1.00 bits per heavy atom. The van der Waals surface area contributed by atoms with Crippen LogP contribution in [0.3, 0.4) is 0 Å². The Balaban J connectivity index is 1.73. The number of fused-ring (bicyclic) bond motifs is 1. The fraction of sp³-hybridized carbons (Fsp3) is 0.0588. The fourth-order valence-electron chi connectivity index (χ4n) is 2.72. The maximum Gasteiger partial charge on any atom is 0.139 e. The molecule has 4 rings (SSSR count). The van der Waals surface area contributed by atoms with Crippen LogP contribution in [0.15, 0.2) is 61.2 Å². The number of aromatic nitrogens is 3. The maximum atomic E-state index is 10.2. The number of nitrogens with zero attached hydrogens (tertiary/aromatic N) is 4. The van der Waals surface area contributed by atoms with Gasteiger partial charge in [-0.15, -0.1) is 0 Å². The van der Waals surface area contributed by atoms with E-state index in [9.17, 15) is 5.11 Å². The molecule has 0 aliphatic carbocycles. The maximum absolute atomic E-state index is 10.2. The summed E-state index contributed by atoms with van der Waals surface area (Å²) in [5.74, 6) is 0.294. The summed E-state index contributed by atoms with van der Waals surface area (Å²) in [6.07, 6.45) is 7.31. The van der Waals surface area contributed by atoms with Crippen LogP contribution in [0, 0.1) is 0 Å². The molecule has 0 atom stereocenters. The van der Waals surface area contributed by atoms with Gasteiger partial charge in [0.2, 0.25) is 0 Å². The van der Waals surface area contributed by atoms with E-state index in [2.05, 4.69) is 21.1 Å². The lowest BCUT2D eigenvalue weighted by atomic mass is 10.1. The van der Waals surface area contributed by atoms with E-state index in [1.807, 2.05) is 42.5 Å². The van der Waals surface area contributed by atoms with Gasteiger partial charge in [0.1, 0.15) is 18.4 Å². The number of para-hydroxylation sites is 1. The van der Waals surface area contributed by atoms with Gasteiger partial charge in [0.15, 0.2) is 0 Å². The third-order valence-electron chi connectivity index (χ3n) is 3.75. The van der Waals surface area contributed by atoms with Crippen molar-refractivity contribution in [1.29, 1.82) is 0 Å². The number of hydrogen-bond acceptors (Lipinski definition) is 4. The second-order valence-electron chi connectivity index (χ2n) is 5.08. The van der Waals surface area contributed by atoms with Gasteiger partial charge in [0.25, 0.3) is 0 Å². The van der Waals surface area contributed by atoms with E-state index in [4.69, 9.17) is 0 Å². The van der Waals surface area contributed by atoms with Gasteiger partial charge in [0, 0.05) is 17.8 Å². The lowest BCUT2D eigenvalue weighted by molar-refractivity contribution is 0.475. The molecule has 1 aliphatic heterocycles. The summed E-state index contributed by atoms with van der Waals surface area (Å²) in [7, 11) is 0. The highest BCUT2D eigenvalue weighted by atomic mass is 16.3. The number of hydrogen-bond donors (Lipinski definition) is 1. The van der Waals surface area contributed by atoms with Gasteiger partial charge in [-0.1, -0.05) is 24.3 Å². The summed E-state index contributed by atoms with van der Waals surface area (Å²) in [5.41, 5.74) is 3.84. The highest BCUT2D eigenvalue weighted by molar-refractivity contribution is 5.81. The molecule has 5 nitrogen and oxygen atoms in total. The topological polar surface area (TPSA) is 54.2 Å². The summed E-state index contributed by atoms with van der Waals surface area (Å²) in [6.45, 7) is 0.729. The molecule has 22 heavy (non-hydrogen) atoms. The summed E-state index contributed by atoms with van der Waals surface area (Å²) < 4.78 is 1.71. The molecule has 0 fully saturated rings. The average molecular weight is 290 g/mol. The smallest absolute Gasteiger partial charge is 0.139 e. The van der Waals surface area contributed by atoms with Crippen LogP contribution in [0.2, 0.25) is 0 Å². The predicted octanol–water partition coefficient (Wildman–Crippen LogP) is 3.14. The highest BCUT2D eigenvalue weighted by Gasteiger charge is 2.18. The monoisotopic (exact) mass is 290 g/mol. The Morgan fingerprint density at radius 3 is 2.59 bits per heavy atom. The van der Waals surface area contributed by atoms with Gasteiger partial charge in [0.05, 0.1) is 11.4 Å². The van der Waals surface area contributed by atoms with E-state index in [1.54, 1.807) is 17.1 Å². The Labute approximate surface area is 127 Å². The number of phenolic OH excluding ortho intramolecular Hbond substituents is 1. The molecule has 2 aromatic carbocycles. The molecule has 2 heterocycles. The first-order valence-corrected chi connectivity index (χ1v) is 7.04. The first kappa shape index (κ1) is 12.6. The van der Waals surface area contributed by atoms with Crippen LogP contribution < -0.4 is 4.90 Å². The summed E-state index contributed by atoms with van der Waals surface area (Å²) in [5, 5.41) is 14.3. The number of benzene rings is 2. The fourth-order valence-corrected chi connectivity index (χ4v) is 2.72. The number of aromatic hydroxyl groups is 1. The first-order valence-electron chi connectivity index (χ1n) is 7.04. The van der Waals surface area contributed by atoms with Gasteiger partial charge in [-0.25, -0.2) is 9.67 Å². The van der Waals surface area contributed by atoms with Gasteiger partial charge in [-0.2, -0.15) is 5.10 Å². The number of rotatable bonds is 2. The van der Waals surface area contributed by atoms with E-state index in [0.717, 1.165) is 29.2 Å². The van der Waals surface area contributed by atoms with Crippen LogP contribution >= 0.6 is 0 Å². The van der Waals surface area contributed by atoms with E-state index < -0.39 is 0 Å². The van der Waals surface area contributed by atoms with Gasteiger partial charge < -0.3 is 10.0 Å². The Morgan fingerprint density at radius 2 is 1.82 bits per heavy atom. The average Bonchev–Trinajstić information content (AvgIpc) is 3.09. The van der Waals surface area contributed by atoms with Gasteiger partial charge >= 0.3 is 0 Å². The lowest BCUT2D eigenvalue weighted by Crippen LogP contribution is -2.20. The Bertz CT molecular complexity index is 822. The van der Waals surface area contributed by atoms with Crippen LogP contribution in [-0.2, 0) is 0 Å². The summed E-state index contributed by atoms with van der Waals surface area (Å²) in [6, 6.07) is 13.6. The van der Waals surface area contributed by atoms with E-state index >= 15 is 0 Å². The minimum atomic E-state index is 0.294. The van der Waals surface area contributed by atoms with E-state index in [1.165, 1.54) is 6.33 Å². The quantitative estimate of drug-likeness (QED) is 0.788. The lowest BCUT2D eigenvalue weighted by Gasteiger charge is -2.29. The molecule has 0 unspecified atom stereocenters. The first-order chi connectivity index (χ1) is 10.8. The predicted molar refractivity (Wildman–Crippen MR) is 85.5 cm³/mol. The molecule has 0 saturated carbocycles. The van der Waals surface area contributed by atoms with Crippen molar-refractivity contribution in [2.75, 3.05) is 11.4 Å². The molecule has 108 valence electrons. The largest absolute Gasteiger partial charge is 0.506 e. The summed E-state index contributed by atoms with van der Waals surface area (Å²) in [4.78, 5) is 6.04. The van der Waals surface area contributed by atoms with Crippen LogP contribution in [-0.4, -0.2) is 26.4 Å². The van der Waals surface area contributed by atoms with Crippen LogP contribution in [0.4, 0.5) is 11.4 Å². The zero-order chi connectivity index (χ0) is 14.9. The van der Waals surface area contributed by atoms with Crippen molar-refractivity contribution in [3.8, 4) is 11.4 Å². The molecule has 0 bridgehead atoms. The second-order valence-corrected chi connectivity index (χ2v) is 5.08. The molecule has 0 radical (unpaired) electrons. The molecular formula is C17H14N4O. The van der Waals surface area contributed by atoms with Crippen molar-refractivity contribution in [1.82, 2.24) is 14.8 Å². The minimum Gasteiger partial charge on any atom is -0.506 e. The SMILES string of the molecule is Oc1cccc2c1N(c1ccc(-n3cncn3)cc1)CC=C2. The second kappa shape index (κ2) is 5.04. The molecule has 1 aliphatic rings.